The van der Waals surface area contributed by atoms with Crippen LogP contribution in [-0.4, -0.2) is 36.6 Å². The minimum atomic E-state index is -0.0406. The Labute approximate surface area is 103 Å². The van der Waals surface area contributed by atoms with E-state index >= 15 is 0 Å². The molecule has 2 aromatic rings. The van der Waals surface area contributed by atoms with Crippen LogP contribution in [0.5, 0.6) is 11.5 Å². The van der Waals surface area contributed by atoms with Gasteiger partial charge in [-0.2, -0.15) is 0 Å². The second-order valence-corrected chi connectivity index (χ2v) is 4.35. The molecular weight excluding hydrogens is 240 g/mol. The summed E-state index contributed by atoms with van der Waals surface area (Å²) >= 11 is 1.62. The van der Waals surface area contributed by atoms with Crippen LogP contribution in [0.3, 0.4) is 0 Å². The van der Waals surface area contributed by atoms with Crippen molar-refractivity contribution in [1.82, 2.24) is 0 Å². The lowest BCUT2D eigenvalue weighted by atomic mass is 10.2. The molecule has 0 unspecified atom stereocenters. The third-order valence-electron chi connectivity index (χ3n) is 2.22. The molecule has 1 heterocycles. The van der Waals surface area contributed by atoms with Crippen molar-refractivity contribution in [3.05, 3.63) is 23.6 Å². The number of aliphatic hydroxyl groups excluding tert-OH is 2. The minimum Gasteiger partial charge on any atom is -0.487 e. The first-order valence-electron chi connectivity index (χ1n) is 5.33. The normalized spacial score (nSPS) is 10.7. The molecule has 0 bridgehead atoms. The van der Waals surface area contributed by atoms with Crippen LogP contribution in [0, 0.1) is 0 Å². The van der Waals surface area contributed by atoms with E-state index in [4.69, 9.17) is 19.7 Å². The van der Waals surface area contributed by atoms with Crippen molar-refractivity contribution in [1.29, 1.82) is 0 Å². The standard InChI is InChI=1S/C12H14O4S/c13-2-4-15-10-7-9-1-6-17-12(9)8-11(10)16-5-3-14/h1,6-8,13-14H,2-5H2. The number of benzene rings is 1. The summed E-state index contributed by atoms with van der Waals surface area (Å²) < 4.78 is 11.9. The maximum absolute atomic E-state index is 8.76. The van der Waals surface area contributed by atoms with Crippen molar-refractivity contribution >= 4 is 21.4 Å². The van der Waals surface area contributed by atoms with Crippen molar-refractivity contribution in [3.63, 3.8) is 0 Å². The van der Waals surface area contributed by atoms with Crippen LogP contribution in [0.1, 0.15) is 0 Å². The first-order chi connectivity index (χ1) is 8.35. The van der Waals surface area contributed by atoms with Gasteiger partial charge in [0.25, 0.3) is 0 Å². The highest BCUT2D eigenvalue weighted by atomic mass is 32.1. The summed E-state index contributed by atoms with van der Waals surface area (Å²) in [4.78, 5) is 0. The Morgan fingerprint density at radius 1 is 1.00 bits per heavy atom. The van der Waals surface area contributed by atoms with Gasteiger partial charge in [0.15, 0.2) is 11.5 Å². The molecule has 92 valence electrons. The number of thiophene rings is 1. The van der Waals surface area contributed by atoms with Gasteiger partial charge in [-0.05, 0) is 22.9 Å². The molecule has 0 atom stereocenters. The van der Waals surface area contributed by atoms with E-state index in [9.17, 15) is 0 Å². The van der Waals surface area contributed by atoms with Crippen LogP contribution >= 0.6 is 11.3 Å². The van der Waals surface area contributed by atoms with Crippen LogP contribution < -0.4 is 9.47 Å². The van der Waals surface area contributed by atoms with E-state index in [1.54, 1.807) is 11.3 Å². The zero-order valence-electron chi connectivity index (χ0n) is 9.26. The van der Waals surface area contributed by atoms with Crippen LogP contribution in [0.2, 0.25) is 0 Å². The molecule has 0 spiro atoms. The van der Waals surface area contributed by atoms with Crippen molar-refractivity contribution in [2.24, 2.45) is 0 Å². The van der Waals surface area contributed by atoms with E-state index in [2.05, 4.69) is 0 Å². The van der Waals surface area contributed by atoms with Gasteiger partial charge in [0.1, 0.15) is 13.2 Å². The Morgan fingerprint density at radius 3 is 2.29 bits per heavy atom. The third kappa shape index (κ3) is 2.88. The van der Waals surface area contributed by atoms with Gasteiger partial charge in [0.2, 0.25) is 0 Å². The monoisotopic (exact) mass is 254 g/mol. The fourth-order valence-electron chi connectivity index (χ4n) is 1.51. The van der Waals surface area contributed by atoms with Crippen molar-refractivity contribution < 1.29 is 19.7 Å². The quantitative estimate of drug-likeness (QED) is 0.823. The van der Waals surface area contributed by atoms with E-state index < -0.39 is 0 Å². The lowest BCUT2D eigenvalue weighted by molar-refractivity contribution is 0.178. The van der Waals surface area contributed by atoms with Gasteiger partial charge in [-0.1, -0.05) is 0 Å². The molecule has 2 rings (SSSR count). The summed E-state index contributed by atoms with van der Waals surface area (Å²) in [5, 5.41) is 20.6. The second-order valence-electron chi connectivity index (χ2n) is 3.40. The molecule has 2 N–H and O–H groups in total. The largest absolute Gasteiger partial charge is 0.487 e. The molecule has 17 heavy (non-hydrogen) atoms. The van der Waals surface area contributed by atoms with Gasteiger partial charge < -0.3 is 19.7 Å². The number of aliphatic hydroxyl groups is 2. The Hall–Kier alpha value is -1.30. The van der Waals surface area contributed by atoms with E-state index in [0.717, 1.165) is 10.1 Å². The fraction of sp³-hybridized carbons (Fsp3) is 0.333. The maximum Gasteiger partial charge on any atom is 0.162 e. The molecule has 0 saturated carbocycles. The van der Waals surface area contributed by atoms with E-state index in [1.807, 2.05) is 23.6 Å². The van der Waals surface area contributed by atoms with Crippen molar-refractivity contribution in [3.8, 4) is 11.5 Å². The molecule has 0 aliphatic heterocycles. The number of fused-ring (bicyclic) bond motifs is 1. The molecule has 1 aromatic heterocycles. The summed E-state index contributed by atoms with van der Waals surface area (Å²) in [5.74, 6) is 1.20. The SMILES string of the molecule is OCCOc1cc2ccsc2cc1OCCO. The molecule has 5 heteroatoms. The zero-order valence-corrected chi connectivity index (χ0v) is 10.1. The predicted molar refractivity (Wildman–Crippen MR) is 67.0 cm³/mol. The number of hydrogen-bond donors (Lipinski definition) is 2. The minimum absolute atomic E-state index is 0.0398. The smallest absolute Gasteiger partial charge is 0.162 e. The molecule has 4 nitrogen and oxygen atoms in total. The molecule has 0 aliphatic carbocycles. The second kappa shape index (κ2) is 5.86. The van der Waals surface area contributed by atoms with E-state index in [1.165, 1.54) is 0 Å². The lowest BCUT2D eigenvalue weighted by Gasteiger charge is -2.11. The molecule has 0 radical (unpaired) electrons. The number of rotatable bonds is 6. The summed E-state index contributed by atoms with van der Waals surface area (Å²) in [7, 11) is 0. The molecular formula is C12H14O4S. The third-order valence-corrected chi connectivity index (χ3v) is 3.10. The molecule has 0 amide bonds. The van der Waals surface area contributed by atoms with Gasteiger partial charge in [-0.3, -0.25) is 0 Å². The highest BCUT2D eigenvalue weighted by molar-refractivity contribution is 7.17. The van der Waals surface area contributed by atoms with Gasteiger partial charge in [-0.25, -0.2) is 0 Å². The summed E-state index contributed by atoms with van der Waals surface area (Å²) in [6, 6.07) is 5.78. The van der Waals surface area contributed by atoms with Crippen LogP contribution in [0.25, 0.3) is 10.1 Å². The first kappa shape index (κ1) is 12.2. The Balaban J connectivity index is 2.29. The predicted octanol–water partition coefficient (Wildman–Crippen LogP) is 1.64. The average molecular weight is 254 g/mol. The topological polar surface area (TPSA) is 58.9 Å². The Kier molecular flexibility index (Phi) is 4.19. The van der Waals surface area contributed by atoms with Gasteiger partial charge >= 0.3 is 0 Å². The van der Waals surface area contributed by atoms with Crippen LogP contribution in [0.4, 0.5) is 0 Å². The maximum atomic E-state index is 8.76. The molecule has 0 fully saturated rings. The van der Waals surface area contributed by atoms with Crippen molar-refractivity contribution in [2.45, 2.75) is 0 Å². The number of hydrogen-bond acceptors (Lipinski definition) is 5. The fourth-order valence-corrected chi connectivity index (χ4v) is 2.31. The Morgan fingerprint density at radius 2 is 1.65 bits per heavy atom. The highest BCUT2D eigenvalue weighted by Gasteiger charge is 2.08. The lowest BCUT2D eigenvalue weighted by Crippen LogP contribution is -2.06. The van der Waals surface area contributed by atoms with Crippen LogP contribution in [-0.2, 0) is 0 Å². The summed E-state index contributed by atoms with van der Waals surface area (Å²) in [5.41, 5.74) is 0. The van der Waals surface area contributed by atoms with Crippen molar-refractivity contribution in [2.75, 3.05) is 26.4 Å². The molecule has 0 saturated heterocycles. The highest BCUT2D eigenvalue weighted by Crippen LogP contribution is 2.34. The molecule has 1 aromatic carbocycles. The van der Waals surface area contributed by atoms with E-state index in [-0.39, 0.29) is 26.4 Å². The summed E-state index contributed by atoms with van der Waals surface area (Å²) in [6.45, 7) is 0.376. The van der Waals surface area contributed by atoms with Gasteiger partial charge in [-0.15, -0.1) is 11.3 Å². The zero-order chi connectivity index (χ0) is 12.1. The van der Waals surface area contributed by atoms with E-state index in [0.29, 0.717) is 11.5 Å². The van der Waals surface area contributed by atoms with Gasteiger partial charge in [0.05, 0.1) is 13.2 Å². The Bertz CT molecular complexity index is 438. The molecule has 0 aliphatic rings. The summed E-state index contributed by atoms with van der Waals surface area (Å²) in [6.07, 6.45) is 0. The van der Waals surface area contributed by atoms with Crippen LogP contribution in [0.15, 0.2) is 23.6 Å². The number of ether oxygens (including phenoxy) is 2. The first-order valence-corrected chi connectivity index (χ1v) is 6.21. The average Bonchev–Trinajstić information content (AvgIpc) is 2.80. The van der Waals surface area contributed by atoms with Gasteiger partial charge in [0, 0.05) is 10.8 Å².